The number of halogens is 1. The average Bonchev–Trinajstić information content (AvgIpc) is 3.40. The predicted molar refractivity (Wildman–Crippen MR) is 262 cm³/mol. The summed E-state index contributed by atoms with van der Waals surface area (Å²) in [5.41, 5.74) is 9.43. The first-order chi connectivity index (χ1) is 28.9. The number of allylic oxidation sites excluding steroid dienone is 2. The van der Waals surface area contributed by atoms with Gasteiger partial charge in [-0.2, -0.15) is 0 Å². The number of amides is 3. The van der Waals surface area contributed by atoms with Gasteiger partial charge in [0.1, 0.15) is 36.6 Å². The normalized spacial score (nSPS) is 22.8. The number of aliphatic hydroxyl groups is 5. The number of hydrogen-bond acceptors (Lipinski definition) is 13. The number of cyclic esters (lactones) is 1. The largest absolute Gasteiger partial charge is 0.454 e. The molecule has 2 aromatic rings. The molecule has 2 aromatic carbocycles. The van der Waals surface area contributed by atoms with Crippen LogP contribution in [-0.2, 0) is 46.2 Å². The van der Waals surface area contributed by atoms with Crippen LogP contribution in [0.5, 0.6) is 0 Å². The minimum Gasteiger partial charge on any atom is -0.454 e. The lowest BCUT2D eigenvalue weighted by Crippen LogP contribution is -2.55. The molecule has 10 atom stereocenters. The number of carbonyl (C=O) groups excluding carboxylic acids is 4. The average molecular weight is 954 g/mol. The maximum Gasteiger partial charge on any atom is 0.338 e. The highest BCUT2D eigenvalue weighted by Gasteiger charge is 2.47. The number of hydrogen-bond donors (Lipinski definition) is 7. The van der Waals surface area contributed by atoms with Gasteiger partial charge in [-0.05, 0) is 59.8 Å². The van der Waals surface area contributed by atoms with Crippen LogP contribution >= 0.6 is 12.4 Å². The van der Waals surface area contributed by atoms with E-state index in [9.17, 15) is 44.7 Å². The van der Waals surface area contributed by atoms with Crippen molar-refractivity contribution in [2.75, 3.05) is 38.1 Å². The maximum absolute atomic E-state index is 12.9. The lowest BCUT2D eigenvalue weighted by atomic mass is 9.94. The van der Waals surface area contributed by atoms with Crippen LogP contribution in [0.15, 0.2) is 72.8 Å². The maximum atomic E-state index is 12.9. The molecule has 0 aliphatic carbocycles. The van der Waals surface area contributed by atoms with Gasteiger partial charge in [-0.1, -0.05) is 125 Å². The molecule has 1 saturated heterocycles. The molecule has 66 heavy (non-hydrogen) atoms. The van der Waals surface area contributed by atoms with Crippen molar-refractivity contribution in [1.29, 1.82) is 0 Å². The third-order valence-corrected chi connectivity index (χ3v) is 10.6. The first-order valence-electron chi connectivity index (χ1n) is 20.7. The fourth-order valence-electron chi connectivity index (χ4n) is 6.93. The third kappa shape index (κ3) is 17.8. The van der Waals surface area contributed by atoms with E-state index in [4.69, 9.17) is 19.9 Å². The van der Waals surface area contributed by atoms with E-state index in [1.54, 1.807) is 31.1 Å². The summed E-state index contributed by atoms with van der Waals surface area (Å²) in [5, 5.41) is 53.2. The van der Waals surface area contributed by atoms with Crippen molar-refractivity contribution in [2.45, 2.75) is 150 Å². The topological polar surface area (TPSA) is 242 Å². The van der Waals surface area contributed by atoms with E-state index in [-0.39, 0.29) is 63.4 Å². The van der Waals surface area contributed by atoms with Crippen LogP contribution in [0.2, 0.25) is 0 Å². The lowest BCUT2D eigenvalue weighted by Gasteiger charge is -2.29. The Kier molecular flexibility index (Phi) is 27.3. The molecule has 8 N–H and O–H groups in total. The van der Waals surface area contributed by atoms with Gasteiger partial charge in [0, 0.05) is 39.7 Å². The number of anilines is 2. The van der Waals surface area contributed by atoms with Crippen LogP contribution in [0.4, 0.5) is 11.4 Å². The zero-order valence-corrected chi connectivity index (χ0v) is 38.8. The standard InChI is InChI=1S/C23H34N2O6.C12H20O5.C11H14N2O.3CH4.ClH/c1-23(2,3)13-12-17(26)18(27)19(28)20(31-5)21(29)24-15-11-10-14-8-6-7-9-16(14)25(4)22(15)30;1-12(2,3)6-5-7(13)9-8(14)10(16-4)11(15)17-9;1-13-10-5-3-2-4-8(10)6-7-9(12)11(13)14;;;;/h6-9,12-13,15,17-20,26-28H,10-11H2,1-5H3,(H,24,29);5-10,13-14H,1-4H3;2-5,9H,6-7,12H2,1H3;3*1H4;1H/b13-12+;6-5+;;;;;/t15?,17-,18+,19-,20-;7-,8-,9+,10-;;;;;/m11...../s1. The number of likely N-dealkylation sites (N-methyl/N-ethyl adjacent to an activating group) is 2. The Labute approximate surface area is 399 Å². The van der Waals surface area contributed by atoms with E-state index in [0.717, 1.165) is 29.8 Å². The molecule has 0 aromatic heterocycles. The van der Waals surface area contributed by atoms with Crippen LogP contribution in [0, 0.1) is 10.8 Å². The number of nitrogens with two attached hydrogens (primary N) is 1. The monoisotopic (exact) mass is 953 g/mol. The minimum absolute atomic E-state index is 0. The lowest BCUT2D eigenvalue weighted by molar-refractivity contribution is -0.151. The van der Waals surface area contributed by atoms with E-state index in [2.05, 4.69) is 11.4 Å². The molecule has 16 nitrogen and oxygen atoms in total. The van der Waals surface area contributed by atoms with Crippen molar-refractivity contribution in [3.8, 4) is 0 Å². The van der Waals surface area contributed by atoms with Crippen molar-refractivity contribution in [1.82, 2.24) is 5.32 Å². The van der Waals surface area contributed by atoms with Gasteiger partial charge in [-0.25, -0.2) is 4.79 Å². The van der Waals surface area contributed by atoms with Crippen molar-refractivity contribution in [3.05, 3.63) is 84.0 Å². The molecule has 3 amide bonds. The Morgan fingerprint density at radius 3 is 1.73 bits per heavy atom. The summed E-state index contributed by atoms with van der Waals surface area (Å²) in [6.45, 7) is 11.7. The predicted octanol–water partition coefficient (Wildman–Crippen LogP) is 4.28. The quantitative estimate of drug-likeness (QED) is 0.130. The second-order valence-electron chi connectivity index (χ2n) is 17.9. The number of esters is 1. The fourth-order valence-corrected chi connectivity index (χ4v) is 6.93. The number of methoxy groups -OCH3 is 2. The van der Waals surface area contributed by atoms with Gasteiger partial charge in [0.15, 0.2) is 18.3 Å². The number of nitrogens with zero attached hydrogens (tertiary/aromatic N) is 2. The minimum atomic E-state index is -1.69. The Hall–Kier alpha value is -4.23. The SMILES string of the molecule is C.C.C.CN1C(=O)C(N)CCc2ccccc21.CO[C@@H](C(=O)NC1CCc2ccccc2N(C)C1=O)[C@H](O)[C@@H](O)[C@H](O)/C=C/C(C)(C)C.CO[C@H]1C(=O)O[C@@H]([C@H](O)/C=C/C(C)(C)C)[C@H]1O.Cl. The first kappa shape index (κ1) is 63.9. The Morgan fingerprint density at radius 2 is 1.26 bits per heavy atom. The van der Waals surface area contributed by atoms with Crippen LogP contribution in [-0.4, -0.2) is 138 Å². The number of rotatable bonds is 10. The van der Waals surface area contributed by atoms with E-state index >= 15 is 0 Å². The van der Waals surface area contributed by atoms with E-state index < -0.39 is 66.8 Å². The highest BCUT2D eigenvalue weighted by molar-refractivity contribution is 6.00. The van der Waals surface area contributed by atoms with Gasteiger partial charge in [-0.15, -0.1) is 12.4 Å². The number of nitrogens with one attached hydrogen (secondary N) is 1. The molecular formula is C49H81ClN4O12. The number of aryl methyl sites for hydroxylation is 2. The highest BCUT2D eigenvalue weighted by Crippen LogP contribution is 2.27. The van der Waals surface area contributed by atoms with E-state index in [1.165, 1.54) is 36.8 Å². The third-order valence-electron chi connectivity index (χ3n) is 10.6. The summed E-state index contributed by atoms with van der Waals surface area (Å²) in [6.07, 6.45) is -1.35. The molecule has 0 radical (unpaired) electrons. The Bertz CT molecular complexity index is 1880. The zero-order valence-electron chi connectivity index (χ0n) is 38.0. The fraction of sp³-hybridized carbons (Fsp3) is 0.592. The summed E-state index contributed by atoms with van der Waals surface area (Å²) < 4.78 is 14.8. The number of ether oxygens (including phenoxy) is 3. The number of benzene rings is 2. The molecule has 3 aliphatic rings. The number of carbonyl (C=O) groups is 4. The van der Waals surface area contributed by atoms with Gasteiger partial charge < -0.3 is 60.6 Å². The molecule has 0 saturated carbocycles. The summed E-state index contributed by atoms with van der Waals surface area (Å²) in [7, 11) is 5.96. The molecule has 17 heteroatoms. The molecule has 0 bridgehead atoms. The summed E-state index contributed by atoms with van der Waals surface area (Å²) in [6, 6.07) is 14.3. The second-order valence-corrected chi connectivity index (χ2v) is 17.9. The van der Waals surface area contributed by atoms with Crippen LogP contribution < -0.4 is 20.9 Å². The molecule has 5 rings (SSSR count). The van der Waals surface area contributed by atoms with Gasteiger partial charge in [0.25, 0.3) is 5.91 Å². The molecule has 2 unspecified atom stereocenters. The van der Waals surface area contributed by atoms with Crippen LogP contribution in [0.1, 0.15) is 87.8 Å². The van der Waals surface area contributed by atoms with Gasteiger partial charge in [0.2, 0.25) is 11.8 Å². The molecule has 0 spiro atoms. The van der Waals surface area contributed by atoms with Gasteiger partial charge >= 0.3 is 5.97 Å². The molecular weight excluding hydrogens is 872 g/mol. The van der Waals surface area contributed by atoms with E-state index in [0.29, 0.717) is 12.8 Å². The van der Waals surface area contributed by atoms with Gasteiger partial charge in [-0.3, -0.25) is 14.4 Å². The zero-order chi connectivity index (χ0) is 46.7. The Balaban J connectivity index is 0. The number of aliphatic hydroxyl groups excluding tert-OH is 5. The second kappa shape index (κ2) is 28.2. The summed E-state index contributed by atoms with van der Waals surface area (Å²) in [4.78, 5) is 51.8. The molecule has 3 heterocycles. The van der Waals surface area contributed by atoms with E-state index in [1.807, 2.05) is 84.0 Å². The molecule has 3 aliphatic heterocycles. The van der Waals surface area contributed by atoms with Crippen LogP contribution in [0.25, 0.3) is 0 Å². The van der Waals surface area contributed by atoms with Crippen LogP contribution in [0.3, 0.4) is 0 Å². The summed E-state index contributed by atoms with van der Waals surface area (Å²) in [5.74, 6) is -1.65. The molecule has 376 valence electrons. The van der Waals surface area contributed by atoms with Gasteiger partial charge in [0.05, 0.1) is 6.04 Å². The van der Waals surface area contributed by atoms with Crippen molar-refractivity contribution < 1.29 is 58.9 Å². The number of fused-ring (bicyclic) bond motifs is 2. The first-order valence-corrected chi connectivity index (χ1v) is 20.7. The molecule has 1 fully saturated rings. The smallest absolute Gasteiger partial charge is 0.338 e. The highest BCUT2D eigenvalue weighted by atomic mass is 35.5. The van der Waals surface area contributed by atoms with Crippen molar-refractivity contribution in [2.24, 2.45) is 16.6 Å². The van der Waals surface area contributed by atoms with Crippen molar-refractivity contribution >= 4 is 47.5 Å². The summed E-state index contributed by atoms with van der Waals surface area (Å²) >= 11 is 0. The van der Waals surface area contributed by atoms with Crippen molar-refractivity contribution in [3.63, 3.8) is 0 Å². The number of para-hydroxylation sites is 2. The Morgan fingerprint density at radius 1 is 0.788 bits per heavy atom.